The molecule has 0 spiro atoms. The second kappa shape index (κ2) is 7.94. The Labute approximate surface area is 151 Å². The van der Waals surface area contributed by atoms with Crippen LogP contribution in [0.3, 0.4) is 0 Å². The van der Waals surface area contributed by atoms with E-state index in [4.69, 9.17) is 10.5 Å². The Morgan fingerprint density at radius 2 is 2.00 bits per heavy atom. The Bertz CT molecular complexity index is 706. The Hall–Kier alpha value is -2.97. The van der Waals surface area contributed by atoms with Crippen LogP contribution >= 0.6 is 0 Å². The molecule has 1 heterocycles. The number of hydrogen-bond acceptors (Lipinski definition) is 6. The predicted molar refractivity (Wildman–Crippen MR) is 94.6 cm³/mol. The molecule has 0 aliphatic carbocycles. The first kappa shape index (κ1) is 19.4. The SMILES string of the molecule is CCOC(=O)C1CN(C(=O)N(C)C)CCN1C(=O)c1cccc(N)c1O. The standard InChI is InChI=1S/C17H24N4O5/c1-4-26-16(24)13-10-20(17(25)19(2)3)8-9-21(13)15(23)11-6-5-7-12(18)14(11)22/h5-7,13,22H,4,8-10,18H2,1-3H3. The third-order valence-electron chi connectivity index (χ3n) is 4.15. The van der Waals surface area contributed by atoms with Crippen LogP contribution in [-0.4, -0.2) is 84.1 Å². The van der Waals surface area contributed by atoms with Gasteiger partial charge < -0.3 is 30.3 Å². The molecular formula is C17H24N4O5. The summed E-state index contributed by atoms with van der Waals surface area (Å²) in [6.45, 7) is 2.24. The number of piperazine rings is 1. The minimum Gasteiger partial charge on any atom is -0.505 e. The van der Waals surface area contributed by atoms with E-state index >= 15 is 0 Å². The van der Waals surface area contributed by atoms with Crippen LogP contribution in [0.2, 0.25) is 0 Å². The summed E-state index contributed by atoms with van der Waals surface area (Å²) < 4.78 is 5.07. The number of esters is 1. The molecule has 9 nitrogen and oxygen atoms in total. The lowest BCUT2D eigenvalue weighted by Crippen LogP contribution is -2.60. The van der Waals surface area contributed by atoms with E-state index in [1.165, 1.54) is 26.8 Å². The molecule has 1 aromatic rings. The molecule has 3 amide bonds. The van der Waals surface area contributed by atoms with Crippen molar-refractivity contribution in [1.29, 1.82) is 0 Å². The van der Waals surface area contributed by atoms with Gasteiger partial charge in [0, 0.05) is 27.2 Å². The molecule has 0 saturated carbocycles. The van der Waals surface area contributed by atoms with E-state index in [0.717, 1.165) is 0 Å². The number of carbonyl (C=O) groups is 3. The minimum absolute atomic E-state index is 0.00619. The number of carbonyl (C=O) groups excluding carboxylic acids is 3. The third kappa shape index (κ3) is 3.81. The number of urea groups is 1. The van der Waals surface area contributed by atoms with Crippen molar-refractivity contribution >= 4 is 23.6 Å². The minimum atomic E-state index is -0.957. The van der Waals surface area contributed by atoms with Crippen LogP contribution in [0.4, 0.5) is 10.5 Å². The first-order valence-electron chi connectivity index (χ1n) is 8.29. The molecule has 26 heavy (non-hydrogen) atoms. The van der Waals surface area contributed by atoms with Gasteiger partial charge in [-0.05, 0) is 19.1 Å². The van der Waals surface area contributed by atoms with Crippen molar-refractivity contribution in [1.82, 2.24) is 14.7 Å². The van der Waals surface area contributed by atoms with Gasteiger partial charge in [-0.15, -0.1) is 0 Å². The summed E-state index contributed by atoms with van der Waals surface area (Å²) in [6.07, 6.45) is 0. The molecule has 0 bridgehead atoms. The van der Waals surface area contributed by atoms with Gasteiger partial charge in [-0.2, -0.15) is 0 Å². The fourth-order valence-electron chi connectivity index (χ4n) is 2.81. The number of nitrogens with two attached hydrogens (primary N) is 1. The lowest BCUT2D eigenvalue weighted by atomic mass is 10.1. The maximum atomic E-state index is 12.9. The summed E-state index contributed by atoms with van der Waals surface area (Å²) in [7, 11) is 3.23. The number of amides is 3. The highest BCUT2D eigenvalue weighted by Crippen LogP contribution is 2.27. The van der Waals surface area contributed by atoms with Crippen LogP contribution < -0.4 is 5.73 Å². The van der Waals surface area contributed by atoms with Crippen molar-refractivity contribution in [3.63, 3.8) is 0 Å². The predicted octanol–water partition coefficient (Wildman–Crippen LogP) is 0.346. The fourth-order valence-corrected chi connectivity index (χ4v) is 2.81. The van der Waals surface area contributed by atoms with Crippen LogP contribution in [0, 0.1) is 0 Å². The number of phenols is 1. The molecule has 1 aliphatic rings. The molecule has 1 fully saturated rings. The van der Waals surface area contributed by atoms with Crippen molar-refractivity contribution < 1.29 is 24.2 Å². The van der Waals surface area contributed by atoms with Gasteiger partial charge in [0.1, 0.15) is 6.04 Å². The van der Waals surface area contributed by atoms with E-state index in [-0.39, 0.29) is 49.3 Å². The number of para-hydroxylation sites is 1. The first-order chi connectivity index (χ1) is 12.3. The fraction of sp³-hybridized carbons (Fsp3) is 0.471. The molecule has 1 atom stereocenters. The zero-order valence-electron chi connectivity index (χ0n) is 15.1. The number of rotatable bonds is 3. The zero-order valence-corrected chi connectivity index (χ0v) is 15.1. The van der Waals surface area contributed by atoms with Crippen molar-refractivity contribution in [2.75, 3.05) is 46.1 Å². The Balaban J connectivity index is 2.30. The summed E-state index contributed by atoms with van der Waals surface area (Å²) in [5.74, 6) is -1.46. The largest absolute Gasteiger partial charge is 0.505 e. The maximum absolute atomic E-state index is 12.9. The van der Waals surface area contributed by atoms with Crippen LogP contribution in [0.5, 0.6) is 5.75 Å². The number of benzene rings is 1. The molecule has 0 radical (unpaired) electrons. The van der Waals surface area contributed by atoms with E-state index in [1.807, 2.05) is 0 Å². The highest BCUT2D eigenvalue weighted by Gasteiger charge is 2.39. The van der Waals surface area contributed by atoms with Gasteiger partial charge in [0.2, 0.25) is 0 Å². The quantitative estimate of drug-likeness (QED) is 0.454. The van der Waals surface area contributed by atoms with E-state index in [9.17, 15) is 19.5 Å². The summed E-state index contributed by atoms with van der Waals surface area (Å²) in [6, 6.07) is 3.25. The molecule has 2 rings (SSSR count). The van der Waals surface area contributed by atoms with Crippen LogP contribution in [0.25, 0.3) is 0 Å². The van der Waals surface area contributed by atoms with Crippen molar-refractivity contribution in [2.45, 2.75) is 13.0 Å². The van der Waals surface area contributed by atoms with Crippen LogP contribution in [-0.2, 0) is 9.53 Å². The van der Waals surface area contributed by atoms with Gasteiger partial charge in [0.05, 0.1) is 24.4 Å². The molecule has 142 valence electrons. The normalized spacial score (nSPS) is 17.0. The van der Waals surface area contributed by atoms with E-state index in [1.54, 1.807) is 27.1 Å². The summed E-state index contributed by atoms with van der Waals surface area (Å²) in [5, 5.41) is 10.1. The molecule has 1 aliphatic heterocycles. The van der Waals surface area contributed by atoms with Crippen LogP contribution in [0.1, 0.15) is 17.3 Å². The van der Waals surface area contributed by atoms with Gasteiger partial charge >= 0.3 is 12.0 Å². The number of hydrogen-bond donors (Lipinski definition) is 2. The number of nitrogens with zero attached hydrogens (tertiary/aromatic N) is 3. The number of ether oxygens (including phenoxy) is 1. The number of anilines is 1. The van der Waals surface area contributed by atoms with Crippen LogP contribution in [0.15, 0.2) is 18.2 Å². The summed E-state index contributed by atoms with van der Waals surface area (Å²) in [4.78, 5) is 41.7. The Morgan fingerprint density at radius 1 is 1.31 bits per heavy atom. The third-order valence-corrected chi connectivity index (χ3v) is 4.15. The number of aromatic hydroxyl groups is 1. The van der Waals surface area contributed by atoms with Crippen molar-refractivity contribution in [3.8, 4) is 5.75 Å². The van der Waals surface area contributed by atoms with Gasteiger partial charge in [-0.25, -0.2) is 9.59 Å². The monoisotopic (exact) mass is 364 g/mol. The molecular weight excluding hydrogens is 340 g/mol. The topological polar surface area (TPSA) is 116 Å². The summed E-state index contributed by atoms with van der Waals surface area (Å²) in [5.41, 5.74) is 5.73. The highest BCUT2D eigenvalue weighted by molar-refractivity contribution is 6.00. The van der Waals surface area contributed by atoms with E-state index < -0.39 is 17.9 Å². The molecule has 1 unspecified atom stereocenters. The smallest absolute Gasteiger partial charge is 0.330 e. The van der Waals surface area contributed by atoms with E-state index in [0.29, 0.717) is 0 Å². The number of phenolic OH excluding ortho intramolecular Hbond substituents is 1. The second-order valence-corrected chi connectivity index (χ2v) is 6.13. The van der Waals surface area contributed by atoms with Crippen molar-refractivity contribution in [3.05, 3.63) is 23.8 Å². The average Bonchev–Trinajstić information content (AvgIpc) is 2.62. The Morgan fingerprint density at radius 3 is 2.62 bits per heavy atom. The molecule has 0 aromatic heterocycles. The lowest BCUT2D eigenvalue weighted by Gasteiger charge is -2.40. The van der Waals surface area contributed by atoms with E-state index in [2.05, 4.69) is 0 Å². The average molecular weight is 364 g/mol. The van der Waals surface area contributed by atoms with Gasteiger partial charge in [-0.1, -0.05) is 6.07 Å². The Kier molecular flexibility index (Phi) is 5.91. The molecule has 1 saturated heterocycles. The first-order valence-corrected chi connectivity index (χ1v) is 8.29. The highest BCUT2D eigenvalue weighted by atomic mass is 16.5. The maximum Gasteiger partial charge on any atom is 0.330 e. The van der Waals surface area contributed by atoms with Gasteiger partial charge in [-0.3, -0.25) is 4.79 Å². The van der Waals surface area contributed by atoms with Gasteiger partial charge in [0.25, 0.3) is 5.91 Å². The molecule has 9 heteroatoms. The second-order valence-electron chi connectivity index (χ2n) is 6.13. The summed E-state index contributed by atoms with van der Waals surface area (Å²) >= 11 is 0. The lowest BCUT2D eigenvalue weighted by molar-refractivity contribution is -0.150. The molecule has 1 aromatic carbocycles. The van der Waals surface area contributed by atoms with Gasteiger partial charge in [0.15, 0.2) is 5.75 Å². The zero-order chi connectivity index (χ0) is 19.4. The molecule has 3 N–H and O–H groups in total. The van der Waals surface area contributed by atoms with Crippen molar-refractivity contribution in [2.24, 2.45) is 0 Å². The number of nitrogen functional groups attached to an aromatic ring is 1.